The largest absolute Gasteiger partial charge is 0.433 e. The van der Waals surface area contributed by atoms with Gasteiger partial charge in [-0.15, -0.1) is 0 Å². The average molecular weight is 621 g/mol. The highest BCUT2D eigenvalue weighted by molar-refractivity contribution is 7.91. The minimum atomic E-state index is -4.56. The number of amides is 1. The summed E-state index contributed by atoms with van der Waals surface area (Å²) in [6.07, 6.45) is -3.16. The van der Waals surface area contributed by atoms with Gasteiger partial charge in [-0.1, -0.05) is 26.8 Å². The Morgan fingerprint density at radius 2 is 1.90 bits per heavy atom. The first-order valence-corrected chi connectivity index (χ1v) is 15.1. The zero-order valence-corrected chi connectivity index (χ0v) is 24.4. The lowest BCUT2D eigenvalue weighted by Gasteiger charge is -2.35. The van der Waals surface area contributed by atoms with Gasteiger partial charge in [0, 0.05) is 19.2 Å². The number of aryl methyl sites for hydroxylation is 1. The molecular weight excluding hydrogens is 587 g/mol. The molecule has 1 fully saturated rings. The molecule has 1 amide bonds. The summed E-state index contributed by atoms with van der Waals surface area (Å²) in [5.41, 5.74) is -4.30. The second kappa shape index (κ2) is 12.2. The van der Waals surface area contributed by atoms with Gasteiger partial charge in [-0.25, -0.2) is 13.4 Å². The van der Waals surface area contributed by atoms with Gasteiger partial charge < -0.3 is 15.2 Å². The summed E-state index contributed by atoms with van der Waals surface area (Å²) in [4.78, 5) is 17.3. The van der Waals surface area contributed by atoms with E-state index in [9.17, 15) is 45.5 Å². The van der Waals surface area contributed by atoms with Gasteiger partial charge in [0.25, 0.3) is 5.91 Å². The molecule has 1 saturated carbocycles. The third-order valence-corrected chi connectivity index (χ3v) is 9.21. The van der Waals surface area contributed by atoms with Gasteiger partial charge in [0.1, 0.15) is 27.5 Å². The van der Waals surface area contributed by atoms with Crippen molar-refractivity contribution >= 4 is 15.7 Å². The molecular formula is C27H33F5N4O5S. The van der Waals surface area contributed by atoms with Crippen LogP contribution in [0.1, 0.15) is 74.0 Å². The van der Waals surface area contributed by atoms with E-state index < -0.39 is 57.0 Å². The molecule has 1 aromatic heterocycles. The van der Waals surface area contributed by atoms with E-state index in [-0.39, 0.29) is 67.1 Å². The first kappa shape index (κ1) is 33.3. The molecule has 0 spiro atoms. The minimum absolute atomic E-state index is 0.0604. The van der Waals surface area contributed by atoms with Crippen molar-refractivity contribution in [3.63, 3.8) is 0 Å². The smallest absolute Gasteiger partial charge is 0.394 e. The monoisotopic (exact) mass is 620 g/mol. The van der Waals surface area contributed by atoms with Gasteiger partial charge in [0.2, 0.25) is 0 Å². The Balaban J connectivity index is 1.94. The van der Waals surface area contributed by atoms with Crippen LogP contribution in [0.4, 0.5) is 22.0 Å². The van der Waals surface area contributed by atoms with Crippen LogP contribution in [0, 0.1) is 16.7 Å². The summed E-state index contributed by atoms with van der Waals surface area (Å²) >= 11 is 0. The van der Waals surface area contributed by atoms with Crippen molar-refractivity contribution in [2.75, 3.05) is 12.8 Å². The number of carbonyl (C=O) groups excluding carboxylic acids is 1. The highest BCUT2D eigenvalue weighted by atomic mass is 32.2. The van der Waals surface area contributed by atoms with Gasteiger partial charge in [-0.05, 0) is 49.8 Å². The Bertz CT molecular complexity index is 1460. The Hall–Kier alpha value is -3.25. The number of benzene rings is 1. The average Bonchev–Trinajstić information content (AvgIpc) is 3.24. The topological polar surface area (TPSA) is 134 Å². The number of halogens is 5. The van der Waals surface area contributed by atoms with E-state index in [0.29, 0.717) is 0 Å². The van der Waals surface area contributed by atoms with Crippen molar-refractivity contribution in [2.45, 2.75) is 82.9 Å². The number of carbonyl (C=O) groups is 1. The van der Waals surface area contributed by atoms with E-state index in [0.717, 1.165) is 30.7 Å². The number of hydrogen-bond donors (Lipinski definition) is 2. The quantitative estimate of drug-likeness (QED) is 0.374. The van der Waals surface area contributed by atoms with Crippen LogP contribution in [0.25, 0.3) is 5.69 Å². The lowest BCUT2D eigenvalue weighted by Crippen LogP contribution is -2.47. The predicted octanol–water partition coefficient (Wildman–Crippen LogP) is 4.49. The highest BCUT2D eigenvalue weighted by Crippen LogP contribution is 2.41. The standard InChI is InChI=1S/C27H33F5N4O5S/c1-5-21-35-22(23(37)34-15-26(38)10-8-17(9-11-26)42(4,39)40)19(14-33)36(21)18-7-6-16(12-20(18)41-24(28)29)13-25(2,3)27(30,31)32/h6-7,12,17,24,38H,5,8-11,13,15H2,1-4H3,(H,34,37). The normalized spacial score (nSPS) is 19.9. The predicted molar refractivity (Wildman–Crippen MR) is 142 cm³/mol. The van der Waals surface area contributed by atoms with Crippen LogP contribution < -0.4 is 10.1 Å². The molecule has 232 valence electrons. The maximum absolute atomic E-state index is 13.4. The molecule has 0 saturated heterocycles. The number of sulfone groups is 1. The van der Waals surface area contributed by atoms with E-state index in [1.54, 1.807) is 6.92 Å². The van der Waals surface area contributed by atoms with E-state index >= 15 is 0 Å². The molecule has 2 aromatic rings. The number of aromatic nitrogens is 2. The number of hydrogen-bond acceptors (Lipinski definition) is 7. The molecule has 3 rings (SSSR count). The van der Waals surface area contributed by atoms with Crippen LogP contribution >= 0.6 is 0 Å². The summed E-state index contributed by atoms with van der Waals surface area (Å²) in [5.74, 6) is -1.22. The van der Waals surface area contributed by atoms with Crippen molar-refractivity contribution in [2.24, 2.45) is 5.41 Å². The molecule has 0 atom stereocenters. The van der Waals surface area contributed by atoms with Crippen molar-refractivity contribution < 1.29 is 45.0 Å². The van der Waals surface area contributed by atoms with Gasteiger partial charge in [0.05, 0.1) is 22.0 Å². The number of nitrogens with zero attached hydrogens (tertiary/aromatic N) is 3. The van der Waals surface area contributed by atoms with Crippen molar-refractivity contribution in [1.82, 2.24) is 14.9 Å². The zero-order valence-electron chi connectivity index (χ0n) is 23.6. The summed E-state index contributed by atoms with van der Waals surface area (Å²) < 4.78 is 96.4. The number of alkyl halides is 5. The lowest BCUT2D eigenvalue weighted by molar-refractivity contribution is -0.211. The molecule has 1 aliphatic carbocycles. The fourth-order valence-corrected chi connectivity index (χ4v) is 6.03. The SMILES string of the molecule is CCc1nc(C(=O)NCC2(O)CCC(S(C)(=O)=O)CC2)c(C#N)n1-c1ccc(CC(C)(C)C(F)(F)F)cc1OC(F)F. The first-order chi connectivity index (χ1) is 19.3. The molecule has 0 bridgehead atoms. The second-order valence-corrected chi connectivity index (χ2v) is 13.5. The molecule has 0 aliphatic heterocycles. The molecule has 2 N–H and O–H groups in total. The number of ether oxygens (including phenoxy) is 1. The second-order valence-electron chi connectivity index (χ2n) is 11.2. The van der Waals surface area contributed by atoms with Crippen molar-refractivity contribution in [1.29, 1.82) is 5.26 Å². The Kier molecular flexibility index (Phi) is 9.63. The van der Waals surface area contributed by atoms with Crippen LogP contribution in [-0.4, -0.2) is 65.4 Å². The molecule has 42 heavy (non-hydrogen) atoms. The van der Waals surface area contributed by atoms with Crippen molar-refractivity contribution in [3.8, 4) is 17.5 Å². The highest BCUT2D eigenvalue weighted by Gasteiger charge is 2.47. The van der Waals surface area contributed by atoms with E-state index in [1.807, 2.05) is 6.07 Å². The molecule has 0 unspecified atom stereocenters. The molecule has 1 aromatic carbocycles. The minimum Gasteiger partial charge on any atom is -0.433 e. The number of aliphatic hydroxyl groups is 1. The van der Waals surface area contributed by atoms with E-state index in [1.165, 1.54) is 12.1 Å². The van der Waals surface area contributed by atoms with Gasteiger partial charge in [-0.3, -0.25) is 9.36 Å². The van der Waals surface area contributed by atoms with E-state index in [2.05, 4.69) is 15.0 Å². The fourth-order valence-electron chi connectivity index (χ4n) is 4.94. The Morgan fingerprint density at radius 1 is 1.29 bits per heavy atom. The molecule has 1 heterocycles. The Labute approximate surface area is 240 Å². The molecule has 9 nitrogen and oxygen atoms in total. The van der Waals surface area contributed by atoms with Crippen molar-refractivity contribution in [3.05, 3.63) is 41.0 Å². The maximum Gasteiger partial charge on any atom is 0.394 e. The van der Waals surface area contributed by atoms with Crippen LogP contribution in [0.2, 0.25) is 0 Å². The summed E-state index contributed by atoms with van der Waals surface area (Å²) in [6.45, 7) is 0.0110. The van der Waals surface area contributed by atoms with Gasteiger partial charge in [-0.2, -0.15) is 27.2 Å². The van der Waals surface area contributed by atoms with E-state index in [4.69, 9.17) is 0 Å². The number of rotatable bonds is 10. The van der Waals surface area contributed by atoms with Crippen LogP contribution in [-0.2, 0) is 22.7 Å². The molecule has 15 heteroatoms. The Morgan fingerprint density at radius 3 is 2.40 bits per heavy atom. The third-order valence-electron chi connectivity index (χ3n) is 7.53. The zero-order chi connectivity index (χ0) is 31.7. The number of nitriles is 1. The summed E-state index contributed by atoms with van der Waals surface area (Å²) in [5, 5.41) is 22.8. The van der Waals surface area contributed by atoms with Gasteiger partial charge >= 0.3 is 12.8 Å². The van der Waals surface area contributed by atoms with Crippen LogP contribution in [0.15, 0.2) is 18.2 Å². The van der Waals surface area contributed by atoms with Gasteiger partial charge in [0.15, 0.2) is 11.4 Å². The lowest BCUT2D eigenvalue weighted by atomic mass is 9.84. The summed E-state index contributed by atoms with van der Waals surface area (Å²) in [7, 11) is -3.27. The molecule has 1 aliphatic rings. The maximum atomic E-state index is 13.4. The van der Waals surface area contributed by atoms with Crippen LogP contribution in [0.3, 0.4) is 0 Å². The number of nitrogens with one attached hydrogen (secondary N) is 1. The summed E-state index contributed by atoms with van der Waals surface area (Å²) in [6, 6.07) is 5.40. The molecule has 0 radical (unpaired) electrons. The van der Waals surface area contributed by atoms with Crippen LogP contribution in [0.5, 0.6) is 5.75 Å². The third kappa shape index (κ3) is 7.38. The fraction of sp³-hybridized carbons (Fsp3) is 0.593. The number of imidazole rings is 1. The first-order valence-electron chi connectivity index (χ1n) is 13.2.